The van der Waals surface area contributed by atoms with E-state index in [2.05, 4.69) is 23.0 Å². The van der Waals surface area contributed by atoms with Gasteiger partial charge in [-0.15, -0.1) is 0 Å². The smallest absolute Gasteiger partial charge is 0.337 e. The first-order chi connectivity index (χ1) is 16.5. The Morgan fingerprint density at radius 3 is 2.76 bits per heavy atom. The van der Waals surface area contributed by atoms with Crippen molar-refractivity contribution in [2.45, 2.75) is 38.5 Å². The number of carbonyl (C=O) groups excluding carboxylic acids is 1. The molecule has 2 saturated carbocycles. The maximum atomic E-state index is 14.0. The van der Waals surface area contributed by atoms with Gasteiger partial charge in [0, 0.05) is 18.0 Å². The molecule has 2 bridgehead atoms. The fourth-order valence-corrected chi connectivity index (χ4v) is 6.72. The molecule has 2 heterocycles. The zero-order chi connectivity index (χ0) is 23.4. The number of pyridine rings is 1. The highest BCUT2D eigenvalue weighted by Crippen LogP contribution is 2.58. The fourth-order valence-electron chi connectivity index (χ4n) is 6.72. The van der Waals surface area contributed by atoms with E-state index in [0.717, 1.165) is 40.6 Å². The van der Waals surface area contributed by atoms with E-state index in [1.165, 1.54) is 31.6 Å². The molecular weight excluding hydrogens is 429 g/mol. The lowest BCUT2D eigenvalue weighted by atomic mass is 9.73. The number of nitrogens with zero attached hydrogens (tertiary/aromatic N) is 2. The normalized spacial score (nSPS) is 24.7. The molecule has 0 saturated heterocycles. The predicted molar refractivity (Wildman–Crippen MR) is 129 cm³/mol. The second kappa shape index (κ2) is 8.19. The van der Waals surface area contributed by atoms with Crippen molar-refractivity contribution in [1.29, 1.82) is 0 Å². The summed E-state index contributed by atoms with van der Waals surface area (Å²) in [5, 5.41) is 0.971. The van der Waals surface area contributed by atoms with Crippen LogP contribution in [0.5, 0.6) is 0 Å². The highest BCUT2D eigenvalue weighted by Gasteiger charge is 2.48. The SMILES string of the molecule is COC(=O)c1ccc2nc(C[C@@H](C)C3CC4CC3CC4c3ccnc4ccc(F)cc34)[nH]c2c1. The number of fused-ring (bicyclic) bond motifs is 4. The molecule has 0 spiro atoms. The van der Waals surface area contributed by atoms with Crippen LogP contribution in [0.15, 0.2) is 48.7 Å². The molecule has 4 aromatic rings. The van der Waals surface area contributed by atoms with Crippen LogP contribution in [0.25, 0.3) is 21.9 Å². The number of aromatic nitrogens is 3. The van der Waals surface area contributed by atoms with Crippen molar-refractivity contribution >= 4 is 27.9 Å². The van der Waals surface area contributed by atoms with Crippen molar-refractivity contribution in [3.8, 4) is 0 Å². The van der Waals surface area contributed by atoms with Gasteiger partial charge in [-0.3, -0.25) is 4.98 Å². The number of methoxy groups -OCH3 is 1. The number of rotatable bonds is 5. The number of halogens is 1. The van der Waals surface area contributed by atoms with E-state index in [9.17, 15) is 9.18 Å². The van der Waals surface area contributed by atoms with Crippen LogP contribution in [-0.4, -0.2) is 28.0 Å². The van der Waals surface area contributed by atoms with Gasteiger partial charge >= 0.3 is 5.97 Å². The second-order valence-electron chi connectivity index (χ2n) is 10.1. The summed E-state index contributed by atoms with van der Waals surface area (Å²) in [7, 11) is 1.39. The Morgan fingerprint density at radius 1 is 1.12 bits per heavy atom. The third-order valence-corrected chi connectivity index (χ3v) is 8.25. The average molecular weight is 458 g/mol. The molecule has 34 heavy (non-hydrogen) atoms. The van der Waals surface area contributed by atoms with Crippen LogP contribution in [0, 0.1) is 29.5 Å². The molecule has 0 aliphatic heterocycles. The average Bonchev–Trinajstić information content (AvgIpc) is 3.56. The number of hydrogen-bond acceptors (Lipinski definition) is 4. The first-order valence-corrected chi connectivity index (χ1v) is 12.1. The molecule has 6 rings (SSSR count). The van der Waals surface area contributed by atoms with Gasteiger partial charge in [-0.25, -0.2) is 14.2 Å². The van der Waals surface area contributed by atoms with Gasteiger partial charge in [0.15, 0.2) is 0 Å². The van der Waals surface area contributed by atoms with Gasteiger partial charge in [-0.1, -0.05) is 6.92 Å². The van der Waals surface area contributed by atoms with Crippen molar-refractivity contribution in [3.05, 3.63) is 71.4 Å². The van der Waals surface area contributed by atoms with E-state index in [-0.39, 0.29) is 11.8 Å². The lowest BCUT2D eigenvalue weighted by molar-refractivity contribution is 0.0601. The largest absolute Gasteiger partial charge is 0.465 e. The van der Waals surface area contributed by atoms with Gasteiger partial charge in [0.1, 0.15) is 11.6 Å². The van der Waals surface area contributed by atoms with Gasteiger partial charge < -0.3 is 9.72 Å². The van der Waals surface area contributed by atoms with Gasteiger partial charge in [-0.2, -0.15) is 0 Å². The summed E-state index contributed by atoms with van der Waals surface area (Å²) in [5.41, 5.74) is 4.42. The summed E-state index contributed by atoms with van der Waals surface area (Å²) in [6.07, 6.45) is 6.39. The van der Waals surface area contributed by atoms with Crippen LogP contribution >= 0.6 is 0 Å². The number of imidazole rings is 1. The number of H-pyrrole nitrogens is 1. The minimum absolute atomic E-state index is 0.194. The van der Waals surface area contributed by atoms with Crippen LogP contribution in [0.2, 0.25) is 0 Å². The van der Waals surface area contributed by atoms with Gasteiger partial charge in [0.25, 0.3) is 0 Å². The number of carbonyl (C=O) groups is 1. The third-order valence-electron chi connectivity index (χ3n) is 8.25. The van der Waals surface area contributed by atoms with Crippen LogP contribution in [0.4, 0.5) is 4.39 Å². The lowest BCUT2D eigenvalue weighted by Crippen LogP contribution is -2.24. The van der Waals surface area contributed by atoms with Crippen molar-refractivity contribution in [2.24, 2.45) is 23.7 Å². The molecule has 5 atom stereocenters. The van der Waals surface area contributed by atoms with Gasteiger partial charge in [0.2, 0.25) is 0 Å². The minimum atomic E-state index is -0.340. The Bertz CT molecular complexity index is 1400. The molecule has 2 fully saturated rings. The number of aromatic amines is 1. The molecule has 0 amide bonds. The zero-order valence-corrected chi connectivity index (χ0v) is 19.4. The number of ether oxygens (including phenoxy) is 1. The maximum Gasteiger partial charge on any atom is 0.337 e. The molecular formula is C28H28FN3O2. The van der Waals surface area contributed by atoms with E-state index in [4.69, 9.17) is 9.72 Å². The zero-order valence-electron chi connectivity index (χ0n) is 19.4. The van der Waals surface area contributed by atoms with Crippen LogP contribution in [0.1, 0.15) is 53.8 Å². The summed E-state index contributed by atoms with van der Waals surface area (Å²) in [6.45, 7) is 2.34. The standard InChI is InChI=1S/C28H28FN3O2/c1-15(9-27-31-25-5-3-16(28(33)34-2)13-26(25)32-27)21-11-18-10-17(21)12-22(18)20-7-8-30-24-6-4-19(29)14-23(20)24/h3-8,13-15,17-18,21-22H,9-12H2,1-2H3,(H,31,32)/t15-,17?,18?,21?,22?/m1/s1. The quantitative estimate of drug-likeness (QED) is 0.371. The summed E-state index contributed by atoms with van der Waals surface area (Å²) in [6, 6.07) is 12.5. The summed E-state index contributed by atoms with van der Waals surface area (Å²) in [4.78, 5) is 24.4. The van der Waals surface area contributed by atoms with E-state index < -0.39 is 0 Å². The first-order valence-electron chi connectivity index (χ1n) is 12.1. The summed E-state index contributed by atoms with van der Waals surface area (Å²) in [5.74, 6) is 3.45. The number of esters is 1. The van der Waals surface area contributed by atoms with Crippen LogP contribution in [0.3, 0.4) is 0 Å². The van der Waals surface area contributed by atoms with Crippen molar-refractivity contribution in [2.75, 3.05) is 7.11 Å². The van der Waals surface area contributed by atoms with Crippen LogP contribution in [-0.2, 0) is 11.2 Å². The van der Waals surface area contributed by atoms with Gasteiger partial charge in [0.05, 0.1) is 29.2 Å². The number of nitrogens with one attached hydrogen (secondary N) is 1. The monoisotopic (exact) mass is 457 g/mol. The highest BCUT2D eigenvalue weighted by atomic mass is 19.1. The Hall–Kier alpha value is -3.28. The molecule has 5 nitrogen and oxygen atoms in total. The molecule has 6 heteroatoms. The molecule has 0 radical (unpaired) electrons. The maximum absolute atomic E-state index is 14.0. The molecule has 2 aromatic carbocycles. The molecule has 174 valence electrons. The van der Waals surface area contributed by atoms with Gasteiger partial charge in [-0.05, 0) is 96.9 Å². The number of benzene rings is 2. The summed E-state index contributed by atoms with van der Waals surface area (Å²) >= 11 is 0. The van der Waals surface area contributed by atoms with E-state index in [1.54, 1.807) is 18.2 Å². The van der Waals surface area contributed by atoms with E-state index >= 15 is 0 Å². The Balaban J connectivity index is 1.17. The Labute approximate surface area is 197 Å². The third kappa shape index (κ3) is 3.56. The lowest BCUT2D eigenvalue weighted by Gasteiger charge is -2.32. The molecule has 2 aromatic heterocycles. The van der Waals surface area contributed by atoms with Crippen molar-refractivity contribution in [1.82, 2.24) is 15.0 Å². The molecule has 4 unspecified atom stereocenters. The topological polar surface area (TPSA) is 67.9 Å². The molecule has 2 aliphatic carbocycles. The fraction of sp³-hybridized carbons (Fsp3) is 0.393. The van der Waals surface area contributed by atoms with Crippen LogP contribution < -0.4 is 0 Å². The van der Waals surface area contributed by atoms with E-state index in [1.807, 2.05) is 18.3 Å². The predicted octanol–water partition coefficient (Wildman–Crippen LogP) is 6.05. The van der Waals surface area contributed by atoms with Crippen molar-refractivity contribution < 1.29 is 13.9 Å². The first kappa shape index (κ1) is 21.3. The Kier molecular flexibility index (Phi) is 5.12. The second-order valence-corrected chi connectivity index (χ2v) is 10.1. The Morgan fingerprint density at radius 2 is 1.97 bits per heavy atom. The molecule has 1 N–H and O–H groups in total. The minimum Gasteiger partial charge on any atom is -0.465 e. The van der Waals surface area contributed by atoms with E-state index in [0.29, 0.717) is 35.2 Å². The summed E-state index contributed by atoms with van der Waals surface area (Å²) < 4.78 is 18.8. The number of hydrogen-bond donors (Lipinski definition) is 1. The van der Waals surface area contributed by atoms with Crippen molar-refractivity contribution in [3.63, 3.8) is 0 Å². The highest BCUT2D eigenvalue weighted by molar-refractivity contribution is 5.93. The molecule has 2 aliphatic rings.